The van der Waals surface area contributed by atoms with Crippen molar-refractivity contribution in [2.45, 2.75) is 16.9 Å². The normalized spacial score (nSPS) is 18.8. The molecule has 1 aliphatic heterocycles. The Morgan fingerprint density at radius 2 is 2.59 bits per heavy atom. The second-order valence-corrected chi connectivity index (χ2v) is 5.52. The van der Waals surface area contributed by atoms with Gasteiger partial charge in [-0.05, 0) is 0 Å². The molecule has 0 aromatic carbocycles. The summed E-state index contributed by atoms with van der Waals surface area (Å²) in [4.78, 5) is 25.4. The number of hydrogen-bond acceptors (Lipinski definition) is 6. The van der Waals surface area contributed by atoms with Crippen molar-refractivity contribution in [3.63, 3.8) is 0 Å². The zero-order valence-corrected chi connectivity index (χ0v) is 10.3. The van der Waals surface area contributed by atoms with Gasteiger partial charge in [-0.1, -0.05) is 11.8 Å². The van der Waals surface area contributed by atoms with Gasteiger partial charge in [0.1, 0.15) is 10.4 Å². The average Bonchev–Trinajstić information content (AvgIpc) is 2.84. The fourth-order valence-electron chi connectivity index (χ4n) is 1.28. The van der Waals surface area contributed by atoms with Crippen LogP contribution in [0.25, 0.3) is 0 Å². The van der Waals surface area contributed by atoms with Crippen LogP contribution in [0.5, 0.6) is 0 Å². The largest absolute Gasteiger partial charge is 0.481 e. The second kappa shape index (κ2) is 5.37. The van der Waals surface area contributed by atoms with Crippen molar-refractivity contribution in [1.82, 2.24) is 10.3 Å². The summed E-state index contributed by atoms with van der Waals surface area (Å²) in [6.45, 7) is 0.513. The minimum Gasteiger partial charge on any atom is -0.481 e. The zero-order chi connectivity index (χ0) is 12.3. The van der Waals surface area contributed by atoms with Crippen LogP contribution in [-0.4, -0.2) is 40.6 Å². The van der Waals surface area contributed by atoms with Crippen LogP contribution in [0.3, 0.4) is 0 Å². The van der Waals surface area contributed by atoms with E-state index < -0.39 is 5.97 Å². The van der Waals surface area contributed by atoms with E-state index in [0.29, 0.717) is 18.0 Å². The van der Waals surface area contributed by atoms with Crippen molar-refractivity contribution in [2.24, 2.45) is 0 Å². The molecule has 0 bridgehead atoms. The van der Waals surface area contributed by atoms with Crippen molar-refractivity contribution in [2.75, 3.05) is 12.3 Å². The maximum atomic E-state index is 10.8. The zero-order valence-electron chi connectivity index (χ0n) is 8.71. The van der Waals surface area contributed by atoms with Crippen LogP contribution in [-0.2, 0) is 16.0 Å². The van der Waals surface area contributed by atoms with Gasteiger partial charge >= 0.3 is 12.1 Å². The van der Waals surface area contributed by atoms with Crippen molar-refractivity contribution in [3.8, 4) is 0 Å². The maximum Gasteiger partial charge on any atom is 0.407 e. The highest BCUT2D eigenvalue weighted by Crippen LogP contribution is 2.24. The molecule has 2 rings (SSSR count). The standard InChI is InChI=1S/C9H10N2O4S2/c12-7(13)1-5-3-16-9(11-5)17-4-6-2-10-8(14)15-6/h3,6H,1-2,4H2,(H,10,14)(H,12,13). The number of rotatable bonds is 5. The number of aliphatic carboxylic acids is 1. The Morgan fingerprint density at radius 1 is 1.76 bits per heavy atom. The lowest BCUT2D eigenvalue weighted by molar-refractivity contribution is -0.136. The molecule has 2 heterocycles. The first-order valence-corrected chi connectivity index (χ1v) is 6.73. The van der Waals surface area contributed by atoms with Crippen LogP contribution in [0.4, 0.5) is 4.79 Å². The minimum absolute atomic E-state index is 0.0585. The molecule has 1 amide bonds. The number of carboxylic acid groups (broad SMARTS) is 1. The van der Waals surface area contributed by atoms with Gasteiger partial charge in [0, 0.05) is 11.1 Å². The highest BCUT2D eigenvalue weighted by atomic mass is 32.2. The van der Waals surface area contributed by atoms with Crippen LogP contribution in [0.2, 0.25) is 0 Å². The molecule has 1 saturated heterocycles. The number of alkyl carbamates (subject to hydrolysis) is 1. The Labute approximate surface area is 105 Å². The van der Waals surface area contributed by atoms with Gasteiger partial charge in [0.25, 0.3) is 0 Å². The number of nitrogens with zero attached hydrogens (tertiary/aromatic N) is 1. The third kappa shape index (κ3) is 3.60. The van der Waals surface area contributed by atoms with Gasteiger partial charge in [-0.25, -0.2) is 9.78 Å². The molecule has 1 atom stereocenters. The van der Waals surface area contributed by atoms with Crippen molar-refractivity contribution >= 4 is 35.2 Å². The van der Waals surface area contributed by atoms with Crippen LogP contribution in [0.1, 0.15) is 5.69 Å². The molecule has 0 aliphatic carbocycles. The molecule has 17 heavy (non-hydrogen) atoms. The van der Waals surface area contributed by atoms with E-state index in [1.807, 2.05) is 0 Å². The first-order chi connectivity index (χ1) is 8.13. The molecular formula is C9H10N2O4S2. The summed E-state index contributed by atoms with van der Waals surface area (Å²) in [5.41, 5.74) is 0.562. The molecule has 2 N–H and O–H groups in total. The summed E-state index contributed by atoms with van der Waals surface area (Å²) >= 11 is 2.87. The van der Waals surface area contributed by atoms with Gasteiger partial charge < -0.3 is 15.2 Å². The number of aromatic nitrogens is 1. The summed E-state index contributed by atoms with van der Waals surface area (Å²) in [6.07, 6.45) is -0.586. The van der Waals surface area contributed by atoms with E-state index in [1.54, 1.807) is 5.38 Å². The van der Waals surface area contributed by atoms with Crippen LogP contribution < -0.4 is 5.32 Å². The molecule has 0 spiro atoms. The van der Waals surface area contributed by atoms with E-state index in [0.717, 1.165) is 4.34 Å². The Kier molecular flexibility index (Phi) is 3.85. The van der Waals surface area contributed by atoms with E-state index in [4.69, 9.17) is 9.84 Å². The lowest BCUT2D eigenvalue weighted by Gasteiger charge is -2.04. The summed E-state index contributed by atoms with van der Waals surface area (Å²) in [7, 11) is 0. The summed E-state index contributed by atoms with van der Waals surface area (Å²) in [6, 6.07) is 0. The topological polar surface area (TPSA) is 88.5 Å². The summed E-state index contributed by atoms with van der Waals surface area (Å²) in [5, 5.41) is 12.9. The number of hydrogen-bond donors (Lipinski definition) is 2. The Morgan fingerprint density at radius 3 is 3.24 bits per heavy atom. The number of nitrogens with one attached hydrogen (secondary N) is 1. The molecule has 92 valence electrons. The van der Waals surface area contributed by atoms with Gasteiger partial charge in [-0.3, -0.25) is 4.79 Å². The van der Waals surface area contributed by atoms with Crippen molar-refractivity contribution in [1.29, 1.82) is 0 Å². The molecular weight excluding hydrogens is 264 g/mol. The monoisotopic (exact) mass is 274 g/mol. The number of amides is 1. The van der Waals surface area contributed by atoms with Gasteiger partial charge in [0.05, 0.1) is 18.7 Å². The van der Waals surface area contributed by atoms with Crippen LogP contribution in [0.15, 0.2) is 9.72 Å². The number of thiazole rings is 1. The van der Waals surface area contributed by atoms with E-state index in [2.05, 4.69) is 10.3 Å². The fraction of sp³-hybridized carbons (Fsp3) is 0.444. The third-order valence-electron chi connectivity index (χ3n) is 2.00. The molecule has 0 saturated carbocycles. The number of carbonyl (C=O) groups excluding carboxylic acids is 1. The quantitative estimate of drug-likeness (QED) is 0.778. The predicted octanol–water partition coefficient (Wildman–Crippen LogP) is 0.971. The Bertz CT molecular complexity index is 434. The van der Waals surface area contributed by atoms with Crippen molar-refractivity contribution < 1.29 is 19.4 Å². The number of carbonyl (C=O) groups is 2. The highest BCUT2D eigenvalue weighted by molar-refractivity contribution is 8.01. The number of carboxylic acids is 1. The Balaban J connectivity index is 1.81. The lowest BCUT2D eigenvalue weighted by Crippen LogP contribution is -2.16. The van der Waals surface area contributed by atoms with Gasteiger partial charge in [-0.2, -0.15) is 0 Å². The lowest BCUT2D eigenvalue weighted by atomic mass is 10.3. The van der Waals surface area contributed by atoms with E-state index in [1.165, 1.54) is 23.1 Å². The van der Waals surface area contributed by atoms with Gasteiger partial charge in [0.2, 0.25) is 0 Å². The van der Waals surface area contributed by atoms with Gasteiger partial charge in [0.15, 0.2) is 0 Å². The van der Waals surface area contributed by atoms with E-state index >= 15 is 0 Å². The number of ether oxygens (including phenoxy) is 1. The highest BCUT2D eigenvalue weighted by Gasteiger charge is 2.22. The van der Waals surface area contributed by atoms with Crippen LogP contribution in [0, 0.1) is 0 Å². The molecule has 8 heteroatoms. The third-order valence-corrected chi connectivity index (χ3v) is 4.21. The first kappa shape index (κ1) is 12.2. The summed E-state index contributed by atoms with van der Waals surface area (Å²) < 4.78 is 5.76. The molecule has 1 unspecified atom stereocenters. The smallest absolute Gasteiger partial charge is 0.407 e. The predicted molar refractivity (Wildman–Crippen MR) is 62.4 cm³/mol. The first-order valence-electron chi connectivity index (χ1n) is 4.87. The number of cyclic esters (lactones) is 1. The SMILES string of the molecule is O=C(O)Cc1csc(SCC2CNC(=O)O2)n1. The van der Waals surface area contributed by atoms with E-state index in [-0.39, 0.29) is 18.6 Å². The maximum absolute atomic E-state index is 10.8. The van der Waals surface area contributed by atoms with Crippen LogP contribution >= 0.6 is 23.1 Å². The molecule has 1 aromatic heterocycles. The fourth-order valence-corrected chi connectivity index (χ4v) is 3.14. The molecule has 1 fully saturated rings. The number of thioether (sulfide) groups is 1. The molecule has 0 radical (unpaired) electrons. The Hall–Kier alpha value is -1.28. The average molecular weight is 274 g/mol. The molecule has 6 nitrogen and oxygen atoms in total. The second-order valence-electron chi connectivity index (χ2n) is 3.39. The van der Waals surface area contributed by atoms with E-state index in [9.17, 15) is 9.59 Å². The van der Waals surface area contributed by atoms with Crippen molar-refractivity contribution in [3.05, 3.63) is 11.1 Å². The molecule has 1 aromatic rings. The minimum atomic E-state index is -0.888. The molecule has 1 aliphatic rings. The summed E-state index contributed by atoms with van der Waals surface area (Å²) in [5.74, 6) is -0.264. The van der Waals surface area contributed by atoms with Gasteiger partial charge in [-0.15, -0.1) is 11.3 Å².